The number of aromatic amines is 1. The van der Waals surface area contributed by atoms with Gasteiger partial charge in [-0.1, -0.05) is 85.6 Å². The Balaban J connectivity index is 1.36. The molecule has 1 amide bonds. The van der Waals surface area contributed by atoms with Crippen LogP contribution >= 0.6 is 11.6 Å². The van der Waals surface area contributed by atoms with Gasteiger partial charge >= 0.3 is 11.7 Å². The van der Waals surface area contributed by atoms with Crippen molar-refractivity contribution in [2.45, 2.75) is 44.9 Å². The highest BCUT2D eigenvalue weighted by atomic mass is 35.5. The Kier molecular flexibility index (Phi) is 9.32. The minimum absolute atomic E-state index is 0.0160. The van der Waals surface area contributed by atoms with Crippen LogP contribution in [0.5, 0.6) is 0 Å². The molecule has 13 heteroatoms. The molecule has 2 atom stereocenters. The average Bonchev–Trinajstić information content (AvgIpc) is 3.63. The van der Waals surface area contributed by atoms with Crippen molar-refractivity contribution in [2.24, 2.45) is 0 Å². The number of rotatable bonds is 12. The molecule has 0 bridgehead atoms. The molecule has 0 aliphatic rings. The van der Waals surface area contributed by atoms with E-state index in [1.54, 1.807) is 41.1 Å². The molecule has 5 aromatic rings. The van der Waals surface area contributed by atoms with Crippen molar-refractivity contribution in [2.75, 3.05) is 0 Å². The van der Waals surface area contributed by atoms with Gasteiger partial charge in [0.2, 0.25) is 0 Å². The number of benzene rings is 3. The van der Waals surface area contributed by atoms with E-state index >= 15 is 0 Å². The van der Waals surface area contributed by atoms with Gasteiger partial charge in [-0.25, -0.2) is 14.7 Å². The smallest absolute Gasteiger partial charge is 0.365 e. The van der Waals surface area contributed by atoms with Crippen molar-refractivity contribution in [3.8, 4) is 16.8 Å². The fourth-order valence-electron chi connectivity index (χ4n) is 4.94. The van der Waals surface area contributed by atoms with E-state index in [4.69, 9.17) is 11.6 Å². The van der Waals surface area contributed by atoms with E-state index in [1.165, 1.54) is 4.68 Å². The summed E-state index contributed by atoms with van der Waals surface area (Å²) in [5, 5.41) is 37.1. The molecule has 2 aromatic heterocycles. The van der Waals surface area contributed by atoms with Crippen molar-refractivity contribution in [3.63, 3.8) is 0 Å². The third kappa shape index (κ3) is 6.77. The lowest BCUT2D eigenvalue weighted by atomic mass is 10.0. The maximum atomic E-state index is 13.3. The number of aromatic nitrogens is 6. The van der Waals surface area contributed by atoms with Crippen molar-refractivity contribution >= 4 is 23.5 Å². The number of para-hydroxylation sites is 1. The minimum Gasteiger partial charge on any atom is -0.479 e. The summed E-state index contributed by atoms with van der Waals surface area (Å²) in [4.78, 5) is 37.0. The number of aliphatic hydroxyl groups is 1. The summed E-state index contributed by atoms with van der Waals surface area (Å²) in [6, 6.07) is 22.5. The molecule has 226 valence electrons. The molecule has 4 N–H and O–H groups in total. The number of aliphatic carboxylic acids is 1. The number of nitrogens with zero attached hydrogens (tertiary/aromatic N) is 5. The summed E-state index contributed by atoms with van der Waals surface area (Å²) in [5.74, 6) is -2.06. The van der Waals surface area contributed by atoms with Gasteiger partial charge < -0.3 is 15.5 Å². The molecule has 2 heterocycles. The molecule has 0 spiro atoms. The zero-order valence-electron chi connectivity index (χ0n) is 23.7. The SMILES string of the molecule is CCCc1cc(C(=O)NC(Cc2ccccc2Cl)C(O)C(=O)O)nn1Cc1ccc(-c2ccccc2-n2nn[nH]c2=O)cc1. The second-order valence-electron chi connectivity index (χ2n) is 10.2. The van der Waals surface area contributed by atoms with E-state index in [9.17, 15) is 24.6 Å². The molecular weight excluding hydrogens is 586 g/mol. The molecule has 0 fully saturated rings. The predicted octanol–water partition coefficient (Wildman–Crippen LogP) is 3.26. The zero-order chi connectivity index (χ0) is 31.2. The number of aliphatic hydroxyl groups excluding tert-OH is 1. The first kappa shape index (κ1) is 30.4. The molecule has 12 nitrogen and oxygen atoms in total. The van der Waals surface area contributed by atoms with Crippen LogP contribution < -0.4 is 11.0 Å². The van der Waals surface area contributed by atoms with E-state index in [-0.39, 0.29) is 12.1 Å². The largest absolute Gasteiger partial charge is 0.479 e. The highest BCUT2D eigenvalue weighted by molar-refractivity contribution is 6.31. The fraction of sp³-hybridized carbons (Fsp3) is 0.226. The van der Waals surface area contributed by atoms with Gasteiger partial charge in [-0.15, -0.1) is 0 Å². The summed E-state index contributed by atoms with van der Waals surface area (Å²) >= 11 is 6.25. The van der Waals surface area contributed by atoms with Gasteiger partial charge in [0, 0.05) is 16.3 Å². The summed E-state index contributed by atoms with van der Waals surface area (Å²) in [6.45, 7) is 2.40. The van der Waals surface area contributed by atoms with Crippen LogP contribution in [0.2, 0.25) is 5.02 Å². The number of H-pyrrole nitrogens is 1. The van der Waals surface area contributed by atoms with Crippen molar-refractivity contribution in [1.29, 1.82) is 0 Å². The van der Waals surface area contributed by atoms with Crippen LogP contribution in [-0.4, -0.2) is 64.2 Å². The maximum Gasteiger partial charge on any atom is 0.365 e. The first-order valence-electron chi connectivity index (χ1n) is 14.0. The lowest BCUT2D eigenvalue weighted by Crippen LogP contribution is -2.48. The third-order valence-electron chi connectivity index (χ3n) is 7.15. The number of nitrogens with one attached hydrogen (secondary N) is 2. The van der Waals surface area contributed by atoms with Gasteiger partial charge in [0.1, 0.15) is 5.69 Å². The summed E-state index contributed by atoms with van der Waals surface area (Å²) < 4.78 is 2.94. The highest BCUT2D eigenvalue weighted by Crippen LogP contribution is 2.26. The van der Waals surface area contributed by atoms with Crippen LogP contribution in [0.25, 0.3) is 16.8 Å². The Morgan fingerprint density at radius 2 is 1.77 bits per heavy atom. The Morgan fingerprint density at radius 1 is 1.05 bits per heavy atom. The van der Waals surface area contributed by atoms with Crippen molar-refractivity contribution in [1.82, 2.24) is 35.3 Å². The molecule has 44 heavy (non-hydrogen) atoms. The number of aryl methyl sites for hydroxylation is 1. The van der Waals surface area contributed by atoms with Crippen LogP contribution in [0.4, 0.5) is 0 Å². The van der Waals surface area contributed by atoms with Gasteiger partial charge in [0.15, 0.2) is 6.10 Å². The van der Waals surface area contributed by atoms with Crippen LogP contribution in [0.3, 0.4) is 0 Å². The van der Waals surface area contributed by atoms with E-state index < -0.39 is 29.7 Å². The highest BCUT2D eigenvalue weighted by Gasteiger charge is 2.29. The number of halogens is 1. The first-order chi connectivity index (χ1) is 21.2. The Labute approximate surface area is 256 Å². The van der Waals surface area contributed by atoms with E-state index in [2.05, 4.69) is 25.9 Å². The van der Waals surface area contributed by atoms with E-state index in [0.717, 1.165) is 28.8 Å². The quantitative estimate of drug-likeness (QED) is 0.166. The number of hydrogen-bond acceptors (Lipinski definition) is 7. The molecular formula is C31H30ClN7O5. The lowest BCUT2D eigenvalue weighted by molar-refractivity contribution is -0.148. The number of amides is 1. The standard InChI is InChI=1S/C31H30ClN7O5/c1-2-7-22-17-26(29(41)33-25(28(40)30(42)43)16-21-8-3-5-10-24(21)32)35-38(22)18-19-12-14-20(15-13-19)23-9-4-6-11-27(23)39-31(44)34-36-37-39/h3-6,8-15,17,25,28,40H,2,7,16,18H2,1H3,(H,33,41)(H,42,43)(H,34,37,44). The average molecular weight is 616 g/mol. The molecule has 3 aromatic carbocycles. The normalized spacial score (nSPS) is 12.5. The number of hydrogen-bond donors (Lipinski definition) is 4. The van der Waals surface area contributed by atoms with Crippen LogP contribution in [-0.2, 0) is 24.2 Å². The van der Waals surface area contributed by atoms with Crippen molar-refractivity contribution < 1.29 is 19.8 Å². The minimum atomic E-state index is -1.85. The lowest BCUT2D eigenvalue weighted by Gasteiger charge is -2.21. The zero-order valence-corrected chi connectivity index (χ0v) is 24.5. The second kappa shape index (κ2) is 13.5. The van der Waals surface area contributed by atoms with Crippen LogP contribution in [0, 0.1) is 0 Å². The van der Waals surface area contributed by atoms with Crippen molar-refractivity contribution in [3.05, 3.63) is 117 Å². The molecule has 0 aliphatic heterocycles. The van der Waals surface area contributed by atoms with Gasteiger partial charge in [0.05, 0.1) is 18.3 Å². The fourth-order valence-corrected chi connectivity index (χ4v) is 5.15. The third-order valence-corrected chi connectivity index (χ3v) is 7.52. The van der Waals surface area contributed by atoms with Crippen LogP contribution in [0.15, 0.2) is 83.7 Å². The van der Waals surface area contributed by atoms with Gasteiger partial charge in [0.25, 0.3) is 5.91 Å². The molecule has 5 rings (SSSR count). The van der Waals surface area contributed by atoms with Crippen LogP contribution in [0.1, 0.15) is 40.7 Å². The van der Waals surface area contributed by atoms with E-state index in [1.807, 2.05) is 49.4 Å². The van der Waals surface area contributed by atoms with E-state index in [0.29, 0.717) is 29.2 Å². The van der Waals surface area contributed by atoms with Gasteiger partial charge in [-0.05, 0) is 58.2 Å². The summed E-state index contributed by atoms with van der Waals surface area (Å²) in [7, 11) is 0. The Hall–Kier alpha value is -5.07. The summed E-state index contributed by atoms with van der Waals surface area (Å²) in [6.07, 6.45) is -0.350. The molecule has 0 radical (unpaired) electrons. The first-order valence-corrected chi connectivity index (χ1v) is 14.3. The second-order valence-corrected chi connectivity index (χ2v) is 10.6. The number of carbonyl (C=O) groups excluding carboxylic acids is 1. The summed E-state index contributed by atoms with van der Waals surface area (Å²) in [5.41, 5.74) is 4.28. The number of carboxylic acid groups (broad SMARTS) is 1. The molecule has 0 saturated heterocycles. The molecule has 2 unspecified atom stereocenters. The number of tetrazole rings is 1. The topological polar surface area (TPSA) is 168 Å². The number of carbonyl (C=O) groups is 2. The van der Waals surface area contributed by atoms with Gasteiger partial charge in [-0.3, -0.25) is 9.48 Å². The molecule has 0 saturated carbocycles. The maximum absolute atomic E-state index is 13.3. The number of carboxylic acids is 1. The Bertz CT molecular complexity index is 1830. The van der Waals surface area contributed by atoms with Gasteiger partial charge in [-0.2, -0.15) is 9.78 Å². The predicted molar refractivity (Wildman–Crippen MR) is 163 cm³/mol. The molecule has 0 aliphatic carbocycles. The Morgan fingerprint density at radius 3 is 2.45 bits per heavy atom. The monoisotopic (exact) mass is 615 g/mol.